The molecule has 7 heteroatoms. The first-order valence-corrected chi connectivity index (χ1v) is 11.2. The molecule has 1 heterocycles. The van der Waals surface area contributed by atoms with Crippen LogP contribution in [0.2, 0.25) is 0 Å². The number of hydrogen-bond donors (Lipinski definition) is 2. The van der Waals surface area contributed by atoms with Crippen molar-refractivity contribution in [2.24, 2.45) is 0 Å². The fraction of sp³-hybridized carbons (Fsp3) is 0.286. The number of nitrogens with one attached hydrogen (secondary N) is 2. The quantitative estimate of drug-likeness (QED) is 0.515. The Morgan fingerprint density at radius 1 is 0.964 bits per heavy atom. The largest absolute Gasteiger partial charge is 0.312 e. The zero-order valence-electron chi connectivity index (χ0n) is 16.0. The number of aromatic nitrogens is 2. The second-order valence-corrected chi connectivity index (χ2v) is 8.58. The van der Waals surface area contributed by atoms with Crippen molar-refractivity contribution in [3.63, 3.8) is 0 Å². The molecule has 0 saturated carbocycles. The normalized spacial score (nSPS) is 11.6. The minimum Gasteiger partial charge on any atom is -0.312 e. The van der Waals surface area contributed by atoms with Gasteiger partial charge in [-0.3, -0.25) is 4.68 Å². The zero-order chi connectivity index (χ0) is 19.8. The van der Waals surface area contributed by atoms with Gasteiger partial charge in [-0.05, 0) is 18.5 Å². The highest BCUT2D eigenvalue weighted by molar-refractivity contribution is 7.88. The van der Waals surface area contributed by atoms with Crippen molar-refractivity contribution in [3.8, 4) is 11.3 Å². The van der Waals surface area contributed by atoms with Crippen LogP contribution in [0.4, 0.5) is 0 Å². The van der Waals surface area contributed by atoms with E-state index < -0.39 is 10.0 Å². The van der Waals surface area contributed by atoms with Gasteiger partial charge in [0.25, 0.3) is 0 Å². The van der Waals surface area contributed by atoms with E-state index in [0.717, 1.165) is 36.3 Å². The van der Waals surface area contributed by atoms with E-state index in [2.05, 4.69) is 40.5 Å². The molecule has 0 aliphatic heterocycles. The number of nitrogens with zero attached hydrogens (tertiary/aromatic N) is 2. The summed E-state index contributed by atoms with van der Waals surface area (Å²) < 4.78 is 26.7. The number of sulfonamides is 1. The number of hydrogen-bond acceptors (Lipinski definition) is 4. The third-order valence-corrected chi connectivity index (χ3v) is 5.01. The van der Waals surface area contributed by atoms with Crippen molar-refractivity contribution in [3.05, 3.63) is 78.0 Å². The van der Waals surface area contributed by atoms with Crippen molar-refractivity contribution in [2.45, 2.75) is 19.5 Å². The Labute approximate surface area is 166 Å². The first-order valence-electron chi connectivity index (χ1n) is 9.32. The molecule has 1 aromatic heterocycles. The van der Waals surface area contributed by atoms with Gasteiger partial charge in [-0.2, -0.15) is 5.10 Å². The predicted octanol–water partition coefficient (Wildman–Crippen LogP) is 2.63. The number of benzene rings is 2. The summed E-state index contributed by atoms with van der Waals surface area (Å²) in [6.45, 7) is 2.56. The Balaban J connectivity index is 1.66. The lowest BCUT2D eigenvalue weighted by molar-refractivity contribution is 0.579. The summed E-state index contributed by atoms with van der Waals surface area (Å²) in [6.07, 6.45) is 3.98. The van der Waals surface area contributed by atoms with Gasteiger partial charge in [0.1, 0.15) is 0 Å². The van der Waals surface area contributed by atoms with Gasteiger partial charge in [0.15, 0.2) is 0 Å². The van der Waals surface area contributed by atoms with Crippen molar-refractivity contribution >= 4 is 10.0 Å². The number of rotatable bonds is 10. The smallest absolute Gasteiger partial charge is 0.208 e. The van der Waals surface area contributed by atoms with Crippen molar-refractivity contribution in [2.75, 3.05) is 19.3 Å². The molecular weight excluding hydrogens is 372 g/mol. The maximum absolute atomic E-state index is 11.1. The van der Waals surface area contributed by atoms with E-state index in [9.17, 15) is 8.42 Å². The molecule has 0 radical (unpaired) electrons. The molecule has 0 aliphatic rings. The van der Waals surface area contributed by atoms with Crippen LogP contribution in [0.25, 0.3) is 11.3 Å². The predicted molar refractivity (Wildman–Crippen MR) is 112 cm³/mol. The first kappa shape index (κ1) is 20.3. The van der Waals surface area contributed by atoms with E-state index in [1.807, 2.05) is 41.1 Å². The van der Waals surface area contributed by atoms with Crippen LogP contribution >= 0.6 is 0 Å². The maximum atomic E-state index is 11.1. The van der Waals surface area contributed by atoms with Crippen LogP contribution in [-0.2, 0) is 23.1 Å². The minimum absolute atomic E-state index is 0.435. The molecule has 6 nitrogen and oxygen atoms in total. The van der Waals surface area contributed by atoms with E-state index in [1.165, 1.54) is 11.8 Å². The van der Waals surface area contributed by atoms with E-state index >= 15 is 0 Å². The van der Waals surface area contributed by atoms with Gasteiger partial charge in [-0.25, -0.2) is 13.1 Å². The zero-order valence-corrected chi connectivity index (χ0v) is 16.8. The lowest BCUT2D eigenvalue weighted by atomic mass is 10.1. The molecule has 0 atom stereocenters. The molecule has 0 spiro atoms. The molecule has 0 fully saturated rings. The summed E-state index contributed by atoms with van der Waals surface area (Å²) in [7, 11) is -3.12. The molecular formula is C21H26N4O2S. The van der Waals surface area contributed by atoms with Crippen LogP contribution < -0.4 is 10.0 Å². The Morgan fingerprint density at radius 3 is 2.32 bits per heavy atom. The maximum Gasteiger partial charge on any atom is 0.208 e. The molecule has 3 rings (SSSR count). The highest BCUT2D eigenvalue weighted by Gasteiger charge is 2.11. The van der Waals surface area contributed by atoms with E-state index in [1.54, 1.807) is 0 Å². The van der Waals surface area contributed by atoms with Gasteiger partial charge in [0.2, 0.25) is 10.0 Å². The van der Waals surface area contributed by atoms with Crippen LogP contribution in [-0.4, -0.2) is 37.5 Å². The molecule has 0 aliphatic carbocycles. The third-order valence-electron chi connectivity index (χ3n) is 4.28. The van der Waals surface area contributed by atoms with Gasteiger partial charge in [-0.15, -0.1) is 0 Å². The Kier molecular flexibility index (Phi) is 6.97. The highest BCUT2D eigenvalue weighted by atomic mass is 32.2. The standard InChI is InChI=1S/C21H26N4O2S/c1-28(26,27)23-14-8-13-22-15-20-17-25(16-18-9-4-2-5-10-18)24-21(20)19-11-6-3-7-12-19/h2-7,9-12,17,22-23H,8,13-16H2,1H3. The topological polar surface area (TPSA) is 76.0 Å². The van der Waals surface area contributed by atoms with E-state index in [0.29, 0.717) is 13.1 Å². The molecule has 0 bridgehead atoms. The van der Waals surface area contributed by atoms with Crippen molar-refractivity contribution < 1.29 is 8.42 Å². The van der Waals surface area contributed by atoms with E-state index in [-0.39, 0.29) is 0 Å². The van der Waals surface area contributed by atoms with Gasteiger partial charge in [-0.1, -0.05) is 60.7 Å². The highest BCUT2D eigenvalue weighted by Crippen LogP contribution is 2.22. The van der Waals surface area contributed by atoms with Gasteiger partial charge < -0.3 is 5.32 Å². The summed E-state index contributed by atoms with van der Waals surface area (Å²) in [6, 6.07) is 20.4. The molecule has 0 unspecified atom stereocenters. The summed E-state index contributed by atoms with van der Waals surface area (Å²) >= 11 is 0. The Morgan fingerprint density at radius 2 is 1.64 bits per heavy atom. The molecule has 28 heavy (non-hydrogen) atoms. The van der Waals surface area contributed by atoms with Crippen LogP contribution in [0.1, 0.15) is 17.5 Å². The summed E-state index contributed by atoms with van der Waals surface area (Å²) in [5.74, 6) is 0. The fourth-order valence-corrected chi connectivity index (χ4v) is 3.49. The first-order chi connectivity index (χ1) is 13.5. The molecule has 3 aromatic rings. The van der Waals surface area contributed by atoms with Crippen LogP contribution in [0.15, 0.2) is 66.9 Å². The third kappa shape index (κ3) is 6.30. The molecule has 2 aromatic carbocycles. The summed E-state index contributed by atoms with van der Waals surface area (Å²) in [4.78, 5) is 0. The van der Waals surface area contributed by atoms with Gasteiger partial charge in [0, 0.05) is 30.4 Å². The monoisotopic (exact) mass is 398 g/mol. The average Bonchev–Trinajstić information content (AvgIpc) is 3.08. The second kappa shape index (κ2) is 9.64. The van der Waals surface area contributed by atoms with Gasteiger partial charge in [0.05, 0.1) is 18.5 Å². The Hall–Kier alpha value is -2.48. The van der Waals surface area contributed by atoms with Crippen LogP contribution in [0, 0.1) is 0 Å². The fourth-order valence-electron chi connectivity index (χ4n) is 2.98. The van der Waals surface area contributed by atoms with Crippen molar-refractivity contribution in [1.82, 2.24) is 19.8 Å². The molecule has 0 saturated heterocycles. The second-order valence-electron chi connectivity index (χ2n) is 6.75. The lowest BCUT2D eigenvalue weighted by Crippen LogP contribution is -2.26. The van der Waals surface area contributed by atoms with Crippen LogP contribution in [0.3, 0.4) is 0 Å². The lowest BCUT2D eigenvalue weighted by Gasteiger charge is -2.06. The Bertz CT molecular complexity index is 970. The minimum atomic E-state index is -3.12. The average molecular weight is 399 g/mol. The SMILES string of the molecule is CS(=O)(=O)NCCCNCc1cn(Cc2ccccc2)nc1-c1ccccc1. The van der Waals surface area contributed by atoms with Gasteiger partial charge >= 0.3 is 0 Å². The van der Waals surface area contributed by atoms with Crippen molar-refractivity contribution in [1.29, 1.82) is 0 Å². The summed E-state index contributed by atoms with van der Waals surface area (Å²) in [5, 5.41) is 8.20. The van der Waals surface area contributed by atoms with Crippen LogP contribution in [0.5, 0.6) is 0 Å². The molecule has 148 valence electrons. The molecule has 0 amide bonds. The molecule has 2 N–H and O–H groups in total. The van der Waals surface area contributed by atoms with E-state index in [4.69, 9.17) is 5.10 Å². The summed E-state index contributed by atoms with van der Waals surface area (Å²) in [5.41, 5.74) is 4.39.